The number of aromatic amines is 1. The Morgan fingerprint density at radius 1 is 1.10 bits per heavy atom. The topological polar surface area (TPSA) is 58.9 Å². The number of rotatable bonds is 1. The summed E-state index contributed by atoms with van der Waals surface area (Å²) in [5.74, 6) is 0.427. The smallest absolute Gasteiger partial charge is 0.244 e. The molecule has 4 aromatic rings. The van der Waals surface area contributed by atoms with Crippen LogP contribution in [0.4, 0.5) is 0 Å². The first-order valence-corrected chi connectivity index (χ1v) is 6.70. The lowest BCUT2D eigenvalue weighted by Crippen LogP contribution is -2.03. The van der Waals surface area contributed by atoms with E-state index in [0.29, 0.717) is 22.6 Å². The van der Waals surface area contributed by atoms with Crippen LogP contribution in [0.2, 0.25) is 0 Å². The van der Waals surface area contributed by atoms with Gasteiger partial charge in [0.15, 0.2) is 11.0 Å². The molecule has 4 rings (SSSR count). The molecule has 2 aromatic carbocycles. The molecule has 0 unspecified atom stereocenters. The van der Waals surface area contributed by atoms with Crippen molar-refractivity contribution in [2.45, 2.75) is 6.92 Å². The summed E-state index contributed by atoms with van der Waals surface area (Å²) in [5, 5.41) is 0.676. The molecule has 2 aromatic heterocycles. The molecule has 0 aliphatic rings. The van der Waals surface area contributed by atoms with Gasteiger partial charge in [-0.05, 0) is 31.2 Å². The van der Waals surface area contributed by atoms with E-state index in [-0.39, 0.29) is 5.43 Å². The molecule has 2 heterocycles. The van der Waals surface area contributed by atoms with Gasteiger partial charge in [0.2, 0.25) is 5.89 Å². The Hall–Kier alpha value is -2.88. The summed E-state index contributed by atoms with van der Waals surface area (Å²) in [6.07, 6.45) is 0. The summed E-state index contributed by atoms with van der Waals surface area (Å²) >= 11 is 0. The normalized spacial score (nSPS) is 11.3. The van der Waals surface area contributed by atoms with Gasteiger partial charge in [0, 0.05) is 17.0 Å². The Morgan fingerprint density at radius 2 is 1.95 bits per heavy atom. The lowest BCUT2D eigenvalue weighted by molar-refractivity contribution is 0.617. The van der Waals surface area contributed by atoms with Gasteiger partial charge in [-0.15, -0.1) is 0 Å². The first kappa shape index (κ1) is 11.9. The zero-order chi connectivity index (χ0) is 14.4. The number of nitrogens with zero attached hydrogens (tertiary/aromatic N) is 1. The van der Waals surface area contributed by atoms with Crippen LogP contribution < -0.4 is 5.43 Å². The van der Waals surface area contributed by atoms with Gasteiger partial charge in [0.1, 0.15) is 11.2 Å². The monoisotopic (exact) mass is 276 g/mol. The number of fused-ring (bicyclic) bond motifs is 2. The number of H-pyrrole nitrogens is 1. The second-order valence-corrected chi connectivity index (χ2v) is 5.08. The van der Waals surface area contributed by atoms with Crippen LogP contribution in [0.25, 0.3) is 33.6 Å². The van der Waals surface area contributed by atoms with E-state index in [2.05, 4.69) is 9.97 Å². The molecule has 21 heavy (non-hydrogen) atoms. The van der Waals surface area contributed by atoms with Crippen LogP contribution in [-0.4, -0.2) is 9.97 Å². The third kappa shape index (κ3) is 1.92. The molecule has 0 aliphatic carbocycles. The van der Waals surface area contributed by atoms with Crippen molar-refractivity contribution >= 4 is 22.0 Å². The maximum Gasteiger partial charge on any atom is 0.244 e. The number of nitrogens with one attached hydrogen (secondary N) is 1. The van der Waals surface area contributed by atoms with E-state index in [4.69, 9.17) is 4.42 Å². The summed E-state index contributed by atoms with van der Waals surface area (Å²) in [4.78, 5) is 19.9. The predicted molar refractivity (Wildman–Crippen MR) is 82.3 cm³/mol. The molecule has 0 saturated heterocycles. The summed E-state index contributed by atoms with van der Waals surface area (Å²) in [7, 11) is 0. The molecule has 0 radical (unpaired) electrons. The summed E-state index contributed by atoms with van der Waals surface area (Å²) in [5.41, 5.74) is 3.87. The van der Waals surface area contributed by atoms with Gasteiger partial charge in [-0.2, -0.15) is 0 Å². The van der Waals surface area contributed by atoms with E-state index in [1.165, 1.54) is 6.07 Å². The molecular weight excluding hydrogens is 264 g/mol. The van der Waals surface area contributed by atoms with E-state index in [0.717, 1.165) is 16.6 Å². The Balaban J connectivity index is 1.98. The highest BCUT2D eigenvalue weighted by Gasteiger charge is 2.10. The van der Waals surface area contributed by atoms with Crippen molar-refractivity contribution in [1.82, 2.24) is 9.97 Å². The summed E-state index contributed by atoms with van der Waals surface area (Å²) in [6.45, 7) is 1.97. The average molecular weight is 276 g/mol. The molecule has 4 nitrogen and oxygen atoms in total. The number of aromatic nitrogens is 2. The van der Waals surface area contributed by atoms with E-state index >= 15 is 0 Å². The molecule has 4 heteroatoms. The van der Waals surface area contributed by atoms with Gasteiger partial charge in [0.05, 0.1) is 0 Å². The van der Waals surface area contributed by atoms with Crippen molar-refractivity contribution < 1.29 is 4.42 Å². The van der Waals surface area contributed by atoms with Crippen molar-refractivity contribution in [3.8, 4) is 11.6 Å². The van der Waals surface area contributed by atoms with Crippen molar-refractivity contribution in [2.24, 2.45) is 0 Å². The molecule has 0 atom stereocenters. The minimum atomic E-state index is -0.0373. The Labute approximate surface area is 120 Å². The van der Waals surface area contributed by atoms with Crippen molar-refractivity contribution in [3.05, 3.63) is 64.3 Å². The largest absolute Gasteiger partial charge is 0.435 e. The maximum atomic E-state index is 12.3. The zero-order valence-corrected chi connectivity index (χ0v) is 11.4. The second kappa shape index (κ2) is 4.31. The maximum absolute atomic E-state index is 12.3. The minimum Gasteiger partial charge on any atom is -0.435 e. The quantitative estimate of drug-likeness (QED) is 0.577. The van der Waals surface area contributed by atoms with Crippen LogP contribution >= 0.6 is 0 Å². The SMILES string of the molecule is Cc1ccc2[nH]c(-c3nc4ccccc4o3)cc(=O)c2c1. The van der Waals surface area contributed by atoms with Crippen molar-refractivity contribution in [2.75, 3.05) is 0 Å². The number of pyridine rings is 1. The van der Waals surface area contributed by atoms with Crippen LogP contribution in [0.15, 0.2) is 57.7 Å². The van der Waals surface area contributed by atoms with Gasteiger partial charge >= 0.3 is 0 Å². The van der Waals surface area contributed by atoms with E-state index in [1.807, 2.05) is 49.4 Å². The van der Waals surface area contributed by atoms with Crippen LogP contribution in [0.1, 0.15) is 5.56 Å². The molecule has 102 valence electrons. The first-order chi connectivity index (χ1) is 10.2. The third-order valence-corrected chi connectivity index (χ3v) is 3.51. The summed E-state index contributed by atoms with van der Waals surface area (Å²) in [6, 6.07) is 14.8. The second-order valence-electron chi connectivity index (χ2n) is 5.08. The van der Waals surface area contributed by atoms with Gasteiger partial charge in [-0.3, -0.25) is 4.79 Å². The molecule has 0 saturated carbocycles. The fourth-order valence-electron chi connectivity index (χ4n) is 2.46. The Morgan fingerprint density at radius 3 is 2.81 bits per heavy atom. The fourth-order valence-corrected chi connectivity index (χ4v) is 2.46. The van der Waals surface area contributed by atoms with Crippen molar-refractivity contribution in [3.63, 3.8) is 0 Å². The number of para-hydroxylation sites is 2. The lowest BCUT2D eigenvalue weighted by atomic mass is 10.1. The Bertz CT molecular complexity index is 995. The molecule has 0 bridgehead atoms. The standard InChI is InChI=1S/C17H12N2O2/c1-10-6-7-12-11(8-10)15(20)9-14(18-12)17-19-13-4-2-3-5-16(13)21-17/h2-9H,1H3,(H,18,20). The lowest BCUT2D eigenvalue weighted by Gasteiger charge is -2.02. The van der Waals surface area contributed by atoms with Gasteiger partial charge < -0.3 is 9.40 Å². The highest BCUT2D eigenvalue weighted by Crippen LogP contribution is 2.23. The highest BCUT2D eigenvalue weighted by atomic mass is 16.3. The fraction of sp³-hybridized carbons (Fsp3) is 0.0588. The predicted octanol–water partition coefficient (Wildman–Crippen LogP) is 3.64. The molecule has 0 aliphatic heterocycles. The van der Waals surface area contributed by atoms with Crippen LogP contribution in [0.5, 0.6) is 0 Å². The summed E-state index contributed by atoms with van der Waals surface area (Å²) < 4.78 is 5.70. The minimum absolute atomic E-state index is 0.0373. The number of benzene rings is 2. The van der Waals surface area contributed by atoms with Gasteiger partial charge in [-0.1, -0.05) is 23.8 Å². The third-order valence-electron chi connectivity index (χ3n) is 3.51. The van der Waals surface area contributed by atoms with Crippen molar-refractivity contribution in [1.29, 1.82) is 0 Å². The average Bonchev–Trinajstić information content (AvgIpc) is 2.92. The molecule has 0 amide bonds. The van der Waals surface area contributed by atoms with Crippen LogP contribution in [-0.2, 0) is 0 Å². The first-order valence-electron chi connectivity index (χ1n) is 6.70. The highest BCUT2D eigenvalue weighted by molar-refractivity contribution is 5.82. The molecular formula is C17H12N2O2. The van der Waals surface area contributed by atoms with Gasteiger partial charge in [0.25, 0.3) is 0 Å². The molecule has 0 fully saturated rings. The zero-order valence-electron chi connectivity index (χ0n) is 11.4. The van der Waals surface area contributed by atoms with E-state index in [1.54, 1.807) is 0 Å². The number of aryl methyl sites for hydroxylation is 1. The van der Waals surface area contributed by atoms with E-state index in [9.17, 15) is 4.79 Å². The van der Waals surface area contributed by atoms with Crippen LogP contribution in [0.3, 0.4) is 0 Å². The molecule has 1 N–H and O–H groups in total. The number of hydrogen-bond donors (Lipinski definition) is 1. The Kier molecular flexibility index (Phi) is 2.44. The molecule has 0 spiro atoms. The van der Waals surface area contributed by atoms with E-state index < -0.39 is 0 Å². The number of oxazole rings is 1. The van der Waals surface area contributed by atoms with Crippen LogP contribution in [0, 0.1) is 6.92 Å². The number of hydrogen-bond acceptors (Lipinski definition) is 3. The van der Waals surface area contributed by atoms with Gasteiger partial charge in [-0.25, -0.2) is 4.98 Å².